The van der Waals surface area contributed by atoms with Crippen LogP contribution < -0.4 is 10.6 Å². The Morgan fingerprint density at radius 3 is 2.71 bits per heavy atom. The second-order valence-corrected chi connectivity index (χ2v) is 6.18. The summed E-state index contributed by atoms with van der Waals surface area (Å²) in [5.41, 5.74) is 2.05. The first-order chi connectivity index (χ1) is 9.97. The van der Waals surface area contributed by atoms with E-state index in [1.165, 1.54) is 25.3 Å². The van der Waals surface area contributed by atoms with Crippen molar-refractivity contribution in [3.63, 3.8) is 0 Å². The Hall–Kier alpha value is -1.39. The van der Waals surface area contributed by atoms with Gasteiger partial charge < -0.3 is 10.6 Å². The molecule has 1 aromatic carbocycles. The highest BCUT2D eigenvalue weighted by Crippen LogP contribution is 2.27. The standard InChI is InChI=1S/C17H27N3O/c1-12(20(4)17-8-9-17)11-18-13(2)15-6-5-7-16(10-15)19-14(3)21/h5-7,10,12-13,17-18H,8-9,11H2,1-4H3,(H,19,21). The van der Waals surface area contributed by atoms with Gasteiger partial charge in [-0.3, -0.25) is 9.69 Å². The molecule has 1 amide bonds. The fraction of sp³-hybridized carbons (Fsp3) is 0.588. The van der Waals surface area contributed by atoms with Crippen molar-refractivity contribution in [2.24, 2.45) is 0 Å². The van der Waals surface area contributed by atoms with Gasteiger partial charge in [-0.15, -0.1) is 0 Å². The number of nitrogens with zero attached hydrogens (tertiary/aromatic N) is 1. The summed E-state index contributed by atoms with van der Waals surface area (Å²) < 4.78 is 0. The molecule has 1 aromatic rings. The largest absolute Gasteiger partial charge is 0.326 e. The topological polar surface area (TPSA) is 44.4 Å². The lowest BCUT2D eigenvalue weighted by atomic mass is 10.1. The quantitative estimate of drug-likeness (QED) is 0.811. The molecule has 0 saturated heterocycles. The first kappa shape index (κ1) is 16.0. The van der Waals surface area contributed by atoms with E-state index in [0.717, 1.165) is 18.3 Å². The summed E-state index contributed by atoms with van der Waals surface area (Å²) in [7, 11) is 2.21. The Morgan fingerprint density at radius 1 is 1.38 bits per heavy atom. The number of nitrogens with one attached hydrogen (secondary N) is 2. The number of carbonyl (C=O) groups is 1. The van der Waals surface area contributed by atoms with Gasteiger partial charge in [0.15, 0.2) is 0 Å². The molecule has 2 rings (SSSR count). The van der Waals surface area contributed by atoms with Crippen LogP contribution in [-0.2, 0) is 4.79 Å². The summed E-state index contributed by atoms with van der Waals surface area (Å²) in [6.07, 6.45) is 2.68. The molecular formula is C17H27N3O. The zero-order valence-electron chi connectivity index (χ0n) is 13.5. The highest BCUT2D eigenvalue weighted by molar-refractivity contribution is 5.88. The van der Waals surface area contributed by atoms with E-state index in [1.54, 1.807) is 0 Å². The predicted octanol–water partition coefficient (Wildman–Crippen LogP) is 2.78. The van der Waals surface area contributed by atoms with E-state index in [9.17, 15) is 4.79 Å². The number of anilines is 1. The molecule has 21 heavy (non-hydrogen) atoms. The summed E-state index contributed by atoms with van der Waals surface area (Å²) in [4.78, 5) is 13.6. The minimum Gasteiger partial charge on any atom is -0.326 e. The molecule has 1 fully saturated rings. The van der Waals surface area contributed by atoms with E-state index < -0.39 is 0 Å². The molecule has 2 unspecified atom stereocenters. The Kier molecular flexibility index (Phi) is 5.37. The average molecular weight is 289 g/mol. The van der Waals surface area contributed by atoms with Crippen molar-refractivity contribution in [3.05, 3.63) is 29.8 Å². The number of hydrogen-bond donors (Lipinski definition) is 2. The van der Waals surface area contributed by atoms with Crippen molar-refractivity contribution in [3.8, 4) is 0 Å². The molecule has 116 valence electrons. The Labute approximate surface area is 127 Å². The minimum atomic E-state index is -0.0348. The van der Waals surface area contributed by atoms with Crippen LogP contribution in [0.5, 0.6) is 0 Å². The third-order valence-electron chi connectivity index (χ3n) is 4.24. The van der Waals surface area contributed by atoms with Crippen LogP contribution in [0.1, 0.15) is 45.2 Å². The molecule has 0 aromatic heterocycles. The summed E-state index contributed by atoms with van der Waals surface area (Å²) in [6.45, 7) is 6.94. The van der Waals surface area contributed by atoms with Crippen LogP contribution >= 0.6 is 0 Å². The predicted molar refractivity (Wildman–Crippen MR) is 87.4 cm³/mol. The molecular weight excluding hydrogens is 262 g/mol. The smallest absolute Gasteiger partial charge is 0.221 e. The van der Waals surface area contributed by atoms with Crippen LogP contribution in [0.3, 0.4) is 0 Å². The number of benzene rings is 1. The second kappa shape index (κ2) is 7.05. The van der Waals surface area contributed by atoms with E-state index in [1.807, 2.05) is 18.2 Å². The maximum absolute atomic E-state index is 11.1. The summed E-state index contributed by atoms with van der Waals surface area (Å²) in [5.74, 6) is -0.0348. The van der Waals surface area contributed by atoms with Gasteiger partial charge in [0.05, 0.1) is 0 Å². The number of amides is 1. The molecule has 4 heteroatoms. The Balaban J connectivity index is 1.87. The van der Waals surface area contributed by atoms with Crippen molar-refractivity contribution in [1.82, 2.24) is 10.2 Å². The zero-order chi connectivity index (χ0) is 15.4. The van der Waals surface area contributed by atoms with Gasteiger partial charge in [-0.1, -0.05) is 12.1 Å². The van der Waals surface area contributed by atoms with E-state index in [-0.39, 0.29) is 11.9 Å². The number of likely N-dealkylation sites (N-methyl/N-ethyl adjacent to an activating group) is 1. The van der Waals surface area contributed by atoms with Crippen molar-refractivity contribution in [2.75, 3.05) is 18.9 Å². The van der Waals surface area contributed by atoms with Crippen LogP contribution in [-0.4, -0.2) is 36.5 Å². The molecule has 4 nitrogen and oxygen atoms in total. The molecule has 0 radical (unpaired) electrons. The average Bonchev–Trinajstić information content (AvgIpc) is 3.27. The number of carbonyl (C=O) groups excluding carboxylic acids is 1. The van der Waals surface area contributed by atoms with Crippen molar-refractivity contribution in [2.45, 2.75) is 51.7 Å². The fourth-order valence-corrected chi connectivity index (χ4v) is 2.54. The molecule has 2 atom stereocenters. The van der Waals surface area contributed by atoms with Gasteiger partial charge >= 0.3 is 0 Å². The first-order valence-electron chi connectivity index (χ1n) is 7.80. The maximum atomic E-state index is 11.1. The fourth-order valence-electron chi connectivity index (χ4n) is 2.54. The second-order valence-electron chi connectivity index (χ2n) is 6.18. The van der Waals surface area contributed by atoms with Crippen LogP contribution in [0.2, 0.25) is 0 Å². The Bertz CT molecular complexity index is 485. The van der Waals surface area contributed by atoms with E-state index in [0.29, 0.717) is 6.04 Å². The van der Waals surface area contributed by atoms with Crippen molar-refractivity contribution < 1.29 is 4.79 Å². The monoisotopic (exact) mass is 289 g/mol. The summed E-state index contributed by atoms with van der Waals surface area (Å²) in [5, 5.41) is 6.42. The van der Waals surface area contributed by atoms with Gasteiger partial charge in [-0.25, -0.2) is 0 Å². The van der Waals surface area contributed by atoms with Gasteiger partial charge in [-0.05, 0) is 51.4 Å². The van der Waals surface area contributed by atoms with Crippen LogP contribution in [0.4, 0.5) is 5.69 Å². The van der Waals surface area contributed by atoms with Crippen LogP contribution in [0.25, 0.3) is 0 Å². The van der Waals surface area contributed by atoms with Crippen LogP contribution in [0.15, 0.2) is 24.3 Å². The SMILES string of the molecule is CC(=O)Nc1cccc(C(C)NCC(C)N(C)C2CC2)c1. The van der Waals surface area contributed by atoms with Gasteiger partial charge in [0, 0.05) is 37.3 Å². The van der Waals surface area contributed by atoms with E-state index in [2.05, 4.69) is 42.5 Å². The normalized spacial score (nSPS) is 17.6. The number of rotatable bonds is 7. The zero-order valence-corrected chi connectivity index (χ0v) is 13.5. The first-order valence-corrected chi connectivity index (χ1v) is 7.80. The Morgan fingerprint density at radius 2 is 2.10 bits per heavy atom. The lowest BCUT2D eigenvalue weighted by molar-refractivity contribution is -0.114. The molecule has 1 saturated carbocycles. The van der Waals surface area contributed by atoms with Crippen molar-refractivity contribution >= 4 is 11.6 Å². The highest BCUT2D eigenvalue weighted by atomic mass is 16.1. The van der Waals surface area contributed by atoms with Crippen LogP contribution in [0, 0.1) is 0 Å². The number of hydrogen-bond acceptors (Lipinski definition) is 3. The molecule has 0 aliphatic heterocycles. The highest BCUT2D eigenvalue weighted by Gasteiger charge is 2.28. The van der Waals surface area contributed by atoms with Gasteiger partial charge in [0.25, 0.3) is 0 Å². The molecule has 0 spiro atoms. The van der Waals surface area contributed by atoms with Gasteiger partial charge in [-0.2, -0.15) is 0 Å². The minimum absolute atomic E-state index is 0.0348. The molecule has 1 aliphatic rings. The molecule has 1 aliphatic carbocycles. The lowest BCUT2D eigenvalue weighted by Gasteiger charge is -2.26. The van der Waals surface area contributed by atoms with Gasteiger partial charge in [0.1, 0.15) is 0 Å². The molecule has 2 N–H and O–H groups in total. The van der Waals surface area contributed by atoms with E-state index >= 15 is 0 Å². The lowest BCUT2D eigenvalue weighted by Crippen LogP contribution is -2.39. The summed E-state index contributed by atoms with van der Waals surface area (Å²) >= 11 is 0. The van der Waals surface area contributed by atoms with E-state index in [4.69, 9.17) is 0 Å². The maximum Gasteiger partial charge on any atom is 0.221 e. The molecule has 0 bridgehead atoms. The third-order valence-corrected chi connectivity index (χ3v) is 4.24. The van der Waals surface area contributed by atoms with Crippen molar-refractivity contribution in [1.29, 1.82) is 0 Å². The summed E-state index contributed by atoms with van der Waals surface area (Å²) in [6, 6.07) is 9.64. The van der Waals surface area contributed by atoms with Gasteiger partial charge in [0.2, 0.25) is 5.91 Å². The third kappa shape index (κ3) is 4.83. The molecule has 0 heterocycles.